The molecule has 1 N–H and O–H groups in total. The number of para-hydroxylation sites is 1. The number of aryl methyl sites for hydroxylation is 1. The zero-order valence-electron chi connectivity index (χ0n) is 16.0. The van der Waals surface area contributed by atoms with E-state index >= 15 is 0 Å². The maximum absolute atomic E-state index is 5.77. The number of benzene rings is 1. The van der Waals surface area contributed by atoms with Crippen LogP contribution in [0.25, 0.3) is 0 Å². The first kappa shape index (κ1) is 17.1. The summed E-state index contributed by atoms with van der Waals surface area (Å²) in [5.41, 5.74) is 1.71. The summed E-state index contributed by atoms with van der Waals surface area (Å²) in [5, 5.41) is 3.52. The quantitative estimate of drug-likeness (QED) is 0.850. The van der Waals surface area contributed by atoms with Crippen molar-refractivity contribution in [1.29, 1.82) is 0 Å². The van der Waals surface area contributed by atoms with Gasteiger partial charge in [0, 0.05) is 37.1 Å². The van der Waals surface area contributed by atoms with Gasteiger partial charge in [0.1, 0.15) is 5.82 Å². The fourth-order valence-corrected chi connectivity index (χ4v) is 4.88. The second kappa shape index (κ2) is 6.84. The van der Waals surface area contributed by atoms with Crippen LogP contribution >= 0.6 is 0 Å². The van der Waals surface area contributed by atoms with Crippen LogP contribution in [0.4, 0.5) is 0 Å². The summed E-state index contributed by atoms with van der Waals surface area (Å²) in [4.78, 5) is 7.26. The van der Waals surface area contributed by atoms with Crippen LogP contribution in [0.5, 0.6) is 11.5 Å². The Bertz CT molecular complexity index is 812. The van der Waals surface area contributed by atoms with E-state index < -0.39 is 0 Å². The van der Waals surface area contributed by atoms with Crippen LogP contribution in [-0.2, 0) is 19.6 Å². The lowest BCUT2D eigenvalue weighted by Gasteiger charge is -2.29. The monoisotopic (exact) mass is 368 g/mol. The Morgan fingerprint density at radius 2 is 2.15 bits per heavy atom. The van der Waals surface area contributed by atoms with Crippen molar-refractivity contribution in [2.45, 2.75) is 51.9 Å². The molecule has 1 spiro atoms. The molecule has 2 aliphatic heterocycles. The Morgan fingerprint density at radius 1 is 1.26 bits per heavy atom. The number of aromatic nitrogens is 2. The summed E-state index contributed by atoms with van der Waals surface area (Å²) in [7, 11) is 0. The average Bonchev–Trinajstić information content (AvgIpc) is 3.07. The minimum atomic E-state index is 0.325. The summed E-state index contributed by atoms with van der Waals surface area (Å²) in [6, 6.07) is 6.86. The highest BCUT2D eigenvalue weighted by Gasteiger charge is 2.56. The number of fused-ring (bicyclic) bond motifs is 1. The summed E-state index contributed by atoms with van der Waals surface area (Å²) < 4.78 is 13.6. The van der Waals surface area contributed by atoms with Crippen molar-refractivity contribution >= 4 is 0 Å². The highest BCUT2D eigenvalue weighted by molar-refractivity contribution is 5.48. The number of piperidine rings is 1. The number of hydrogen-bond acceptors (Lipinski definition) is 5. The molecule has 0 amide bonds. The highest BCUT2D eigenvalue weighted by atomic mass is 16.7. The van der Waals surface area contributed by atoms with Gasteiger partial charge in [-0.3, -0.25) is 4.90 Å². The van der Waals surface area contributed by atoms with Crippen LogP contribution in [-0.4, -0.2) is 40.4 Å². The highest BCUT2D eigenvalue weighted by Crippen LogP contribution is 2.56. The number of nitrogens with zero attached hydrogens (tertiary/aromatic N) is 3. The molecule has 1 saturated heterocycles. The predicted molar refractivity (Wildman–Crippen MR) is 103 cm³/mol. The molecule has 1 atom stereocenters. The van der Waals surface area contributed by atoms with Crippen molar-refractivity contribution in [3.05, 3.63) is 42.0 Å². The lowest BCUT2D eigenvalue weighted by Crippen LogP contribution is -2.36. The van der Waals surface area contributed by atoms with E-state index in [0.717, 1.165) is 50.0 Å². The van der Waals surface area contributed by atoms with Gasteiger partial charge in [-0.05, 0) is 50.8 Å². The Kier molecular flexibility index (Phi) is 4.32. The number of imidazole rings is 1. The molecule has 144 valence electrons. The van der Waals surface area contributed by atoms with E-state index in [2.05, 4.69) is 45.0 Å². The first-order chi connectivity index (χ1) is 13.3. The second-order valence-corrected chi connectivity index (χ2v) is 8.02. The zero-order valence-corrected chi connectivity index (χ0v) is 16.0. The minimum Gasteiger partial charge on any atom is -0.454 e. The minimum absolute atomic E-state index is 0.325. The van der Waals surface area contributed by atoms with Crippen LogP contribution < -0.4 is 14.8 Å². The van der Waals surface area contributed by atoms with Gasteiger partial charge in [-0.25, -0.2) is 4.98 Å². The Morgan fingerprint density at radius 3 is 3.00 bits per heavy atom. The molecule has 1 aliphatic carbocycles. The maximum atomic E-state index is 5.77. The van der Waals surface area contributed by atoms with Gasteiger partial charge in [-0.15, -0.1) is 0 Å². The number of rotatable bonds is 6. The summed E-state index contributed by atoms with van der Waals surface area (Å²) in [6.07, 6.45) is 7.86. The number of nitrogens with one attached hydrogen (secondary N) is 1. The van der Waals surface area contributed by atoms with E-state index in [1.807, 2.05) is 12.3 Å². The molecule has 0 radical (unpaired) electrons. The smallest absolute Gasteiger partial charge is 0.231 e. The Hall–Kier alpha value is -2.05. The van der Waals surface area contributed by atoms with E-state index in [1.165, 1.54) is 24.8 Å². The largest absolute Gasteiger partial charge is 0.454 e. The van der Waals surface area contributed by atoms with Crippen molar-refractivity contribution in [2.24, 2.45) is 5.41 Å². The predicted octanol–water partition coefficient (Wildman–Crippen LogP) is 2.78. The fraction of sp³-hybridized carbons (Fsp3) is 0.571. The molecule has 3 aliphatic rings. The molecule has 5 rings (SSSR count). The number of ether oxygens (including phenoxy) is 2. The molecule has 27 heavy (non-hydrogen) atoms. The normalized spacial score (nSPS) is 22.5. The van der Waals surface area contributed by atoms with Crippen molar-refractivity contribution in [2.75, 3.05) is 19.9 Å². The lowest BCUT2D eigenvalue weighted by molar-refractivity contribution is 0.165. The van der Waals surface area contributed by atoms with Crippen LogP contribution in [0.2, 0.25) is 0 Å². The Labute approximate surface area is 160 Å². The second-order valence-electron chi connectivity index (χ2n) is 8.02. The SMILES string of the molecule is CCn1ccnc1CN(Cc1cccc2c1OCO2)[C@H]1CC12CCNCC2. The van der Waals surface area contributed by atoms with Crippen LogP contribution in [0, 0.1) is 5.41 Å². The summed E-state index contributed by atoms with van der Waals surface area (Å²) >= 11 is 0. The van der Waals surface area contributed by atoms with Gasteiger partial charge in [-0.2, -0.15) is 0 Å². The van der Waals surface area contributed by atoms with E-state index in [-0.39, 0.29) is 0 Å². The van der Waals surface area contributed by atoms with E-state index in [1.54, 1.807) is 0 Å². The topological polar surface area (TPSA) is 51.6 Å². The van der Waals surface area contributed by atoms with Crippen LogP contribution in [0.15, 0.2) is 30.6 Å². The molecule has 3 heterocycles. The summed E-state index contributed by atoms with van der Waals surface area (Å²) in [6.45, 7) is 7.51. The lowest BCUT2D eigenvalue weighted by atomic mass is 9.93. The maximum Gasteiger partial charge on any atom is 0.231 e. The molecule has 6 nitrogen and oxygen atoms in total. The van der Waals surface area contributed by atoms with Gasteiger partial charge in [0.2, 0.25) is 6.79 Å². The fourth-order valence-electron chi connectivity index (χ4n) is 4.88. The average molecular weight is 368 g/mol. The molecule has 1 saturated carbocycles. The molecular formula is C21H28N4O2. The molecule has 2 fully saturated rings. The molecular weight excluding hydrogens is 340 g/mol. The molecule has 2 aromatic rings. The van der Waals surface area contributed by atoms with E-state index in [0.29, 0.717) is 18.2 Å². The summed E-state index contributed by atoms with van der Waals surface area (Å²) in [5.74, 6) is 2.94. The third kappa shape index (κ3) is 3.11. The van der Waals surface area contributed by atoms with Gasteiger partial charge in [0.25, 0.3) is 0 Å². The van der Waals surface area contributed by atoms with Crippen LogP contribution in [0.3, 0.4) is 0 Å². The molecule has 1 aromatic heterocycles. The Balaban J connectivity index is 1.41. The van der Waals surface area contributed by atoms with Crippen molar-refractivity contribution < 1.29 is 9.47 Å². The zero-order chi connectivity index (χ0) is 18.3. The van der Waals surface area contributed by atoms with Crippen molar-refractivity contribution in [3.8, 4) is 11.5 Å². The third-order valence-corrected chi connectivity index (χ3v) is 6.53. The van der Waals surface area contributed by atoms with Crippen LogP contribution in [0.1, 0.15) is 37.6 Å². The first-order valence-electron chi connectivity index (χ1n) is 10.1. The molecule has 0 unspecified atom stereocenters. The van der Waals surface area contributed by atoms with Gasteiger partial charge < -0.3 is 19.4 Å². The van der Waals surface area contributed by atoms with Crippen molar-refractivity contribution in [3.63, 3.8) is 0 Å². The van der Waals surface area contributed by atoms with Gasteiger partial charge >= 0.3 is 0 Å². The van der Waals surface area contributed by atoms with Crippen molar-refractivity contribution in [1.82, 2.24) is 19.8 Å². The van der Waals surface area contributed by atoms with Gasteiger partial charge in [0.15, 0.2) is 11.5 Å². The molecule has 6 heteroatoms. The molecule has 1 aromatic carbocycles. The van der Waals surface area contributed by atoms with Gasteiger partial charge in [0.05, 0.1) is 6.54 Å². The standard InChI is InChI=1S/C21H28N4O2/c1-2-24-11-10-23-19(24)14-25(18-12-21(18)6-8-22-9-7-21)13-16-4-3-5-17-20(16)27-15-26-17/h3-5,10-11,18,22H,2,6-9,12-15H2,1H3/t18-/m0/s1. The van der Waals surface area contributed by atoms with E-state index in [4.69, 9.17) is 9.47 Å². The molecule has 0 bridgehead atoms. The first-order valence-corrected chi connectivity index (χ1v) is 10.1. The number of hydrogen-bond donors (Lipinski definition) is 1. The van der Waals surface area contributed by atoms with E-state index in [9.17, 15) is 0 Å². The third-order valence-electron chi connectivity index (χ3n) is 6.53. The van der Waals surface area contributed by atoms with Gasteiger partial charge in [-0.1, -0.05) is 12.1 Å².